The molecule has 0 radical (unpaired) electrons. The predicted molar refractivity (Wildman–Crippen MR) is 123 cm³/mol. The number of rotatable bonds is 8. The van der Waals surface area contributed by atoms with Crippen molar-refractivity contribution in [2.45, 2.75) is 45.4 Å². The van der Waals surface area contributed by atoms with Gasteiger partial charge >= 0.3 is 0 Å². The Bertz CT molecular complexity index is 986. The molecule has 30 heavy (non-hydrogen) atoms. The van der Waals surface area contributed by atoms with E-state index in [0.29, 0.717) is 6.42 Å². The molecule has 3 aromatic rings. The first-order chi connectivity index (χ1) is 14.7. The number of hydrogen-bond donors (Lipinski definition) is 0. The molecule has 154 valence electrons. The number of carbonyl (C=O) groups is 1. The molecule has 2 heterocycles. The van der Waals surface area contributed by atoms with E-state index in [9.17, 15) is 4.79 Å². The summed E-state index contributed by atoms with van der Waals surface area (Å²) in [5.74, 6) is 1.32. The van der Waals surface area contributed by atoms with Crippen LogP contribution in [0.25, 0.3) is 22.5 Å². The number of aryl methyl sites for hydroxylation is 1. The Kier molecular flexibility index (Phi) is 6.53. The lowest BCUT2D eigenvalue weighted by atomic mass is 10.0. The highest BCUT2D eigenvalue weighted by Crippen LogP contribution is 2.34. The monoisotopic (exact) mass is 399 g/mol. The van der Waals surface area contributed by atoms with E-state index in [-0.39, 0.29) is 5.78 Å². The summed E-state index contributed by atoms with van der Waals surface area (Å²) in [6.07, 6.45) is 5.90. The Morgan fingerprint density at radius 3 is 2.13 bits per heavy atom. The van der Waals surface area contributed by atoms with E-state index in [1.54, 1.807) is 6.92 Å². The van der Waals surface area contributed by atoms with E-state index in [4.69, 9.17) is 9.97 Å². The third-order valence-electron chi connectivity index (χ3n) is 5.64. The molecular weight excluding hydrogens is 370 g/mol. The number of carbonyl (C=O) groups excluding carboxylic acids is 1. The first kappa shape index (κ1) is 20.3. The first-order valence-electron chi connectivity index (χ1n) is 11.0. The largest absolute Gasteiger partial charge is 0.355 e. The lowest BCUT2D eigenvalue weighted by Gasteiger charge is -2.30. The van der Waals surface area contributed by atoms with Crippen molar-refractivity contribution < 1.29 is 4.79 Å². The smallest absolute Gasteiger partial charge is 0.151 e. The molecule has 0 N–H and O–H groups in total. The van der Waals surface area contributed by atoms with E-state index in [1.807, 2.05) is 12.1 Å². The normalized spacial score (nSPS) is 13.2. The zero-order valence-electron chi connectivity index (χ0n) is 17.7. The van der Waals surface area contributed by atoms with Crippen molar-refractivity contribution in [2.24, 2.45) is 0 Å². The highest BCUT2D eigenvalue weighted by molar-refractivity contribution is 5.79. The van der Waals surface area contributed by atoms with Crippen molar-refractivity contribution >= 4 is 11.6 Å². The van der Waals surface area contributed by atoms with E-state index in [2.05, 4.69) is 53.4 Å². The molecule has 0 fully saturated rings. The average molecular weight is 400 g/mol. The molecule has 0 unspecified atom stereocenters. The van der Waals surface area contributed by atoms with Crippen LogP contribution >= 0.6 is 0 Å². The van der Waals surface area contributed by atoms with E-state index in [0.717, 1.165) is 79.2 Å². The van der Waals surface area contributed by atoms with Gasteiger partial charge < -0.3 is 9.69 Å². The van der Waals surface area contributed by atoms with Crippen LogP contribution in [0.2, 0.25) is 0 Å². The lowest BCUT2D eigenvalue weighted by molar-refractivity contribution is -0.117. The van der Waals surface area contributed by atoms with Crippen molar-refractivity contribution in [2.75, 3.05) is 18.0 Å². The van der Waals surface area contributed by atoms with Gasteiger partial charge in [-0.3, -0.25) is 0 Å². The molecule has 2 aromatic carbocycles. The van der Waals surface area contributed by atoms with Crippen LogP contribution in [0.1, 0.15) is 44.7 Å². The van der Waals surface area contributed by atoms with E-state index < -0.39 is 0 Å². The maximum Gasteiger partial charge on any atom is 0.151 e. The van der Waals surface area contributed by atoms with Gasteiger partial charge in [0.15, 0.2) is 5.82 Å². The van der Waals surface area contributed by atoms with Crippen LogP contribution in [0.4, 0.5) is 5.82 Å². The summed E-state index contributed by atoms with van der Waals surface area (Å²) in [7, 11) is 0. The molecular formula is C26H29N3O. The van der Waals surface area contributed by atoms with Crippen LogP contribution in [-0.4, -0.2) is 28.8 Å². The van der Waals surface area contributed by atoms with Gasteiger partial charge in [-0.15, -0.1) is 0 Å². The van der Waals surface area contributed by atoms with Gasteiger partial charge in [-0.1, -0.05) is 67.1 Å². The van der Waals surface area contributed by atoms with Gasteiger partial charge in [-0.25, -0.2) is 9.97 Å². The molecule has 0 bridgehead atoms. The summed E-state index contributed by atoms with van der Waals surface area (Å²) >= 11 is 0. The molecule has 1 aliphatic heterocycles. The molecule has 0 saturated heterocycles. The number of fused-ring (bicyclic) bond motifs is 1. The summed E-state index contributed by atoms with van der Waals surface area (Å²) in [4.78, 5) is 23.9. The minimum atomic E-state index is 0.283. The van der Waals surface area contributed by atoms with Gasteiger partial charge in [0.05, 0.1) is 17.1 Å². The van der Waals surface area contributed by atoms with E-state index >= 15 is 0 Å². The highest BCUT2D eigenvalue weighted by atomic mass is 16.1. The maximum atomic E-state index is 11.2. The fourth-order valence-corrected chi connectivity index (χ4v) is 4.09. The number of nitrogens with zero attached hydrogens (tertiary/aromatic N) is 3. The van der Waals surface area contributed by atoms with Crippen LogP contribution in [0.3, 0.4) is 0 Å². The second-order valence-electron chi connectivity index (χ2n) is 8.03. The number of hydrogen-bond acceptors (Lipinski definition) is 4. The van der Waals surface area contributed by atoms with Crippen LogP contribution in [0, 0.1) is 0 Å². The molecule has 1 aliphatic rings. The van der Waals surface area contributed by atoms with Crippen LogP contribution in [0.5, 0.6) is 0 Å². The zero-order valence-corrected chi connectivity index (χ0v) is 17.7. The molecule has 1 aromatic heterocycles. The van der Waals surface area contributed by atoms with Crippen LogP contribution < -0.4 is 4.90 Å². The van der Waals surface area contributed by atoms with Gasteiger partial charge in [0, 0.05) is 30.6 Å². The number of aromatic nitrogens is 2. The summed E-state index contributed by atoms with van der Waals surface area (Å²) in [5, 5.41) is 0. The van der Waals surface area contributed by atoms with Gasteiger partial charge in [0.1, 0.15) is 5.78 Å². The van der Waals surface area contributed by atoms with Gasteiger partial charge in [0.25, 0.3) is 0 Å². The van der Waals surface area contributed by atoms with Crippen molar-refractivity contribution in [3.05, 3.63) is 66.4 Å². The Hall–Kier alpha value is -3.01. The number of benzene rings is 2. The number of anilines is 1. The van der Waals surface area contributed by atoms with Crippen LogP contribution in [0.15, 0.2) is 60.7 Å². The first-order valence-corrected chi connectivity index (χ1v) is 11.0. The standard InChI is InChI=1S/C26H29N3O/c1-20(30)12-5-4-10-18-29-19-11-17-23-26(29)28-25(22-15-8-3-9-16-22)24(27-23)21-13-6-2-7-14-21/h2-3,6-9,13-16H,4-5,10-12,17-19H2,1H3. The second kappa shape index (κ2) is 9.66. The number of unbranched alkanes of at least 4 members (excludes halogenated alkanes) is 2. The third-order valence-corrected chi connectivity index (χ3v) is 5.64. The SMILES string of the molecule is CC(=O)CCCCCN1CCCc2nc(-c3ccccc3)c(-c3ccccc3)nc21. The number of ketones is 1. The van der Waals surface area contributed by atoms with Gasteiger partial charge in [0.2, 0.25) is 0 Å². The quantitative estimate of drug-likeness (QED) is 0.455. The molecule has 4 nitrogen and oxygen atoms in total. The average Bonchev–Trinajstić information content (AvgIpc) is 2.79. The Balaban J connectivity index is 1.65. The maximum absolute atomic E-state index is 11.2. The summed E-state index contributed by atoms with van der Waals surface area (Å²) in [6.45, 7) is 3.66. The van der Waals surface area contributed by atoms with E-state index in [1.165, 1.54) is 0 Å². The van der Waals surface area contributed by atoms with Gasteiger partial charge in [-0.2, -0.15) is 0 Å². The minimum Gasteiger partial charge on any atom is -0.355 e. The summed E-state index contributed by atoms with van der Waals surface area (Å²) in [5.41, 5.74) is 5.21. The molecule has 4 rings (SSSR count). The second-order valence-corrected chi connectivity index (χ2v) is 8.03. The molecule has 0 amide bonds. The van der Waals surface area contributed by atoms with Crippen molar-refractivity contribution in [3.63, 3.8) is 0 Å². The Morgan fingerprint density at radius 2 is 1.50 bits per heavy atom. The molecule has 0 spiro atoms. The minimum absolute atomic E-state index is 0.283. The molecule has 0 atom stereocenters. The van der Waals surface area contributed by atoms with Crippen molar-refractivity contribution in [1.29, 1.82) is 0 Å². The molecule has 0 saturated carbocycles. The lowest BCUT2D eigenvalue weighted by Crippen LogP contribution is -2.32. The number of Topliss-reactive ketones (excluding diaryl/α,β-unsaturated/α-hetero) is 1. The fraction of sp³-hybridized carbons (Fsp3) is 0.346. The summed E-state index contributed by atoms with van der Waals surface area (Å²) in [6, 6.07) is 20.7. The highest BCUT2D eigenvalue weighted by Gasteiger charge is 2.23. The topological polar surface area (TPSA) is 46.1 Å². The summed E-state index contributed by atoms with van der Waals surface area (Å²) < 4.78 is 0. The Labute approximate surface area is 179 Å². The Morgan fingerprint density at radius 1 is 0.867 bits per heavy atom. The molecule has 0 aliphatic carbocycles. The fourth-order valence-electron chi connectivity index (χ4n) is 4.09. The molecule has 4 heteroatoms. The van der Waals surface area contributed by atoms with Crippen molar-refractivity contribution in [1.82, 2.24) is 9.97 Å². The van der Waals surface area contributed by atoms with Crippen LogP contribution in [-0.2, 0) is 11.2 Å². The van der Waals surface area contributed by atoms with Gasteiger partial charge in [-0.05, 0) is 32.6 Å². The van der Waals surface area contributed by atoms with Crippen molar-refractivity contribution in [3.8, 4) is 22.5 Å². The zero-order chi connectivity index (χ0) is 20.8. The predicted octanol–water partition coefficient (Wildman–Crippen LogP) is 5.71. The third kappa shape index (κ3) is 4.76.